The molecule has 5 aromatic rings. The van der Waals surface area contributed by atoms with Crippen LogP contribution in [0.3, 0.4) is 0 Å². The zero-order valence-electron chi connectivity index (χ0n) is 23.6. The molecule has 0 spiro atoms. The molecule has 2 aromatic heterocycles. The van der Waals surface area contributed by atoms with Crippen molar-refractivity contribution in [1.82, 2.24) is 4.57 Å². The number of fused-ring (bicyclic) bond motifs is 1. The van der Waals surface area contributed by atoms with Gasteiger partial charge in [-0.15, -0.1) is 0 Å². The van der Waals surface area contributed by atoms with Gasteiger partial charge in [0.05, 0.1) is 34.0 Å². The fraction of sp³-hybridized carbons (Fsp3) is 0.118. The first-order valence-corrected chi connectivity index (χ1v) is 14.9. The van der Waals surface area contributed by atoms with Gasteiger partial charge in [0.15, 0.2) is 4.80 Å². The van der Waals surface area contributed by atoms with E-state index < -0.39 is 18.0 Å². The Balaban J connectivity index is 1.54. The number of carbonyl (C=O) groups excluding carboxylic acids is 1. The van der Waals surface area contributed by atoms with Crippen molar-refractivity contribution in [2.75, 3.05) is 6.61 Å². The maximum Gasteiger partial charge on any atom is 0.338 e. The van der Waals surface area contributed by atoms with E-state index in [1.165, 1.54) is 22.0 Å². The van der Waals surface area contributed by atoms with Gasteiger partial charge < -0.3 is 14.3 Å². The summed E-state index contributed by atoms with van der Waals surface area (Å²) in [4.78, 5) is 44.4. The van der Waals surface area contributed by atoms with Crippen LogP contribution in [0, 0.1) is 6.92 Å². The Hall–Kier alpha value is -4.99. The van der Waals surface area contributed by atoms with Crippen molar-refractivity contribution in [2.45, 2.75) is 19.9 Å². The molecule has 0 unspecified atom stereocenters. The van der Waals surface area contributed by atoms with Crippen molar-refractivity contribution in [3.05, 3.63) is 143 Å². The highest BCUT2D eigenvalue weighted by molar-refractivity contribution is 7.07. The lowest BCUT2D eigenvalue weighted by Crippen LogP contribution is -2.39. The van der Waals surface area contributed by atoms with Gasteiger partial charge in [-0.25, -0.2) is 14.6 Å². The van der Waals surface area contributed by atoms with Gasteiger partial charge in [-0.2, -0.15) is 0 Å². The maximum atomic E-state index is 14.1. The lowest BCUT2D eigenvalue weighted by atomic mass is 9.93. The number of carbonyl (C=O) groups is 2. The zero-order valence-corrected chi connectivity index (χ0v) is 25.2. The minimum atomic E-state index is -1.04. The number of thiazole rings is 1. The highest BCUT2D eigenvalue weighted by Gasteiger charge is 2.35. The average Bonchev–Trinajstić information content (AvgIpc) is 3.61. The normalized spacial score (nSPS) is 14.7. The number of carboxylic acids is 1. The monoisotopic (exact) mass is 624 g/mol. The summed E-state index contributed by atoms with van der Waals surface area (Å²) in [5.41, 5.74) is 3.32. The van der Waals surface area contributed by atoms with Crippen LogP contribution in [-0.4, -0.2) is 28.2 Å². The molecule has 1 aliphatic rings. The summed E-state index contributed by atoms with van der Waals surface area (Å²) in [6, 6.07) is 23.7. The van der Waals surface area contributed by atoms with Crippen molar-refractivity contribution in [2.24, 2.45) is 4.99 Å². The van der Waals surface area contributed by atoms with E-state index in [9.17, 15) is 19.5 Å². The molecule has 1 N–H and O–H groups in total. The topological polar surface area (TPSA) is 111 Å². The number of rotatable bonds is 7. The number of aromatic carboxylic acids is 1. The van der Waals surface area contributed by atoms with E-state index in [0.717, 1.165) is 5.56 Å². The third-order valence-corrected chi connectivity index (χ3v) is 8.44. The third-order valence-electron chi connectivity index (χ3n) is 7.21. The Morgan fingerprint density at radius 2 is 1.82 bits per heavy atom. The maximum absolute atomic E-state index is 14.1. The van der Waals surface area contributed by atoms with E-state index in [4.69, 9.17) is 25.7 Å². The summed E-state index contributed by atoms with van der Waals surface area (Å²) >= 11 is 7.37. The SMILES string of the molecule is CCOC(=O)C1=C(c2ccccc2)N=c2s/c(=C/c3ccc(-c4cc(C(=O)O)ccc4C)o3)c(=O)n2[C@H]1c1ccc(Cl)cc1. The minimum Gasteiger partial charge on any atom is -0.478 e. The number of nitrogens with zero attached hydrogens (tertiary/aromatic N) is 2. The molecule has 10 heteroatoms. The molecule has 0 radical (unpaired) electrons. The summed E-state index contributed by atoms with van der Waals surface area (Å²) in [6.07, 6.45) is 1.62. The second-order valence-electron chi connectivity index (χ2n) is 10.0. The summed E-state index contributed by atoms with van der Waals surface area (Å²) in [5, 5.41) is 9.95. The molecule has 0 bridgehead atoms. The molecule has 1 atom stereocenters. The van der Waals surface area contributed by atoms with E-state index in [-0.39, 0.29) is 23.3 Å². The standard InChI is InChI=1S/C34H25ClN2O6S/c1-3-42-33(41)28-29(20-7-5-4-6-8-20)36-34-37(30(28)21-11-13-23(35)14-12-21)31(38)27(44-34)18-24-15-16-26(43-24)25-17-22(32(39)40)10-9-19(25)2/h4-18,30H,3H2,1-2H3,(H,39,40)/b27-18+/t30-/m0/s1. The molecule has 0 saturated heterocycles. The van der Waals surface area contributed by atoms with E-state index in [2.05, 4.69) is 0 Å². The second kappa shape index (κ2) is 11.9. The van der Waals surface area contributed by atoms with Crippen molar-refractivity contribution < 1.29 is 23.8 Å². The number of furan rings is 1. The van der Waals surface area contributed by atoms with Crippen molar-refractivity contribution in [1.29, 1.82) is 0 Å². The third kappa shape index (κ3) is 5.43. The van der Waals surface area contributed by atoms with Gasteiger partial charge in [-0.1, -0.05) is 71.5 Å². The molecule has 0 fully saturated rings. The Morgan fingerprint density at radius 1 is 1.07 bits per heavy atom. The van der Waals surface area contributed by atoms with Crippen LogP contribution in [0.25, 0.3) is 23.1 Å². The van der Waals surface area contributed by atoms with Crippen molar-refractivity contribution in [3.63, 3.8) is 0 Å². The van der Waals surface area contributed by atoms with Gasteiger partial charge >= 0.3 is 11.9 Å². The summed E-state index contributed by atoms with van der Waals surface area (Å²) in [7, 11) is 0. The van der Waals surface area contributed by atoms with Gasteiger partial charge in [0.1, 0.15) is 11.5 Å². The lowest BCUT2D eigenvalue weighted by Gasteiger charge is -2.25. The van der Waals surface area contributed by atoms with Gasteiger partial charge in [-0.3, -0.25) is 9.36 Å². The summed E-state index contributed by atoms with van der Waals surface area (Å²) in [6.45, 7) is 3.74. The molecule has 1 aliphatic heterocycles. The van der Waals surface area contributed by atoms with E-state index >= 15 is 0 Å². The predicted octanol–water partition coefficient (Wildman–Crippen LogP) is 5.86. The average molecular weight is 625 g/mol. The van der Waals surface area contributed by atoms with Crippen LogP contribution in [0.5, 0.6) is 0 Å². The van der Waals surface area contributed by atoms with Crippen LogP contribution in [-0.2, 0) is 9.53 Å². The molecule has 0 saturated carbocycles. The Labute approximate surface area is 260 Å². The number of aromatic nitrogens is 1. The van der Waals surface area contributed by atoms with Gasteiger partial charge in [-0.05, 0) is 61.4 Å². The second-order valence-corrected chi connectivity index (χ2v) is 11.5. The van der Waals surface area contributed by atoms with Crippen LogP contribution >= 0.6 is 22.9 Å². The molecule has 220 valence electrons. The van der Waals surface area contributed by atoms with Crippen LogP contribution in [0.4, 0.5) is 0 Å². The fourth-order valence-corrected chi connectivity index (χ4v) is 6.23. The van der Waals surface area contributed by atoms with Crippen LogP contribution in [0.2, 0.25) is 5.02 Å². The van der Waals surface area contributed by atoms with E-state index in [1.54, 1.807) is 61.5 Å². The van der Waals surface area contributed by atoms with Gasteiger partial charge in [0.25, 0.3) is 5.56 Å². The molecule has 0 amide bonds. The van der Waals surface area contributed by atoms with Crippen LogP contribution in [0.1, 0.15) is 45.8 Å². The number of benzene rings is 3. The first-order chi connectivity index (χ1) is 21.2. The van der Waals surface area contributed by atoms with Crippen LogP contribution in [0.15, 0.2) is 105 Å². The summed E-state index contributed by atoms with van der Waals surface area (Å²) < 4.78 is 13.4. The van der Waals surface area contributed by atoms with Crippen LogP contribution < -0.4 is 14.9 Å². The van der Waals surface area contributed by atoms with E-state index in [0.29, 0.717) is 48.3 Å². The van der Waals surface area contributed by atoms with Gasteiger partial charge in [0, 0.05) is 22.2 Å². The largest absolute Gasteiger partial charge is 0.478 e. The lowest BCUT2D eigenvalue weighted by molar-refractivity contribution is -0.138. The molecule has 3 heterocycles. The Morgan fingerprint density at radius 3 is 2.52 bits per heavy atom. The quantitative estimate of drug-likeness (QED) is 0.227. The first-order valence-electron chi connectivity index (χ1n) is 13.7. The van der Waals surface area contributed by atoms with Gasteiger partial charge in [0.2, 0.25) is 0 Å². The smallest absolute Gasteiger partial charge is 0.338 e. The number of carboxylic acid groups (broad SMARTS) is 1. The predicted molar refractivity (Wildman–Crippen MR) is 168 cm³/mol. The minimum absolute atomic E-state index is 0.144. The molecule has 3 aromatic carbocycles. The zero-order chi connectivity index (χ0) is 31.0. The number of aryl methyl sites for hydroxylation is 1. The first kappa shape index (κ1) is 29.1. The number of hydrogen-bond acceptors (Lipinski definition) is 7. The van der Waals surface area contributed by atoms with Crippen molar-refractivity contribution in [3.8, 4) is 11.3 Å². The molecular formula is C34H25ClN2O6S. The number of halogens is 1. The molecule has 8 nitrogen and oxygen atoms in total. The molecule has 6 rings (SSSR count). The van der Waals surface area contributed by atoms with Crippen molar-refractivity contribution >= 4 is 46.6 Å². The molecular weight excluding hydrogens is 600 g/mol. The summed E-state index contributed by atoms with van der Waals surface area (Å²) in [5.74, 6) is -0.730. The molecule has 44 heavy (non-hydrogen) atoms. The fourth-order valence-electron chi connectivity index (χ4n) is 5.13. The molecule has 0 aliphatic carbocycles. The number of hydrogen-bond donors (Lipinski definition) is 1. The Kier molecular flexibility index (Phi) is 7.90. The number of esters is 1. The highest BCUT2D eigenvalue weighted by Crippen LogP contribution is 2.35. The number of ether oxygens (including phenoxy) is 1. The highest BCUT2D eigenvalue weighted by atomic mass is 35.5. The van der Waals surface area contributed by atoms with E-state index in [1.807, 2.05) is 37.3 Å². The Bertz CT molecular complexity index is 2120.